The fraction of sp³-hybridized carbons (Fsp3) is 0.308. The summed E-state index contributed by atoms with van der Waals surface area (Å²) in [6.07, 6.45) is 1.66. The van der Waals surface area contributed by atoms with Crippen molar-refractivity contribution in [2.24, 2.45) is 0 Å². The Hall–Kier alpha value is -1.44. The van der Waals surface area contributed by atoms with Gasteiger partial charge < -0.3 is 4.57 Å². The Morgan fingerprint density at radius 3 is 2.67 bits per heavy atom. The topological polar surface area (TPSA) is 64.0 Å². The molecule has 0 amide bonds. The number of imidazole rings is 1. The summed E-state index contributed by atoms with van der Waals surface area (Å²) in [5.74, 6) is -0.580. The molecule has 0 aliphatic rings. The number of hydrogen-bond acceptors (Lipinski definition) is 3. The van der Waals surface area contributed by atoms with Gasteiger partial charge in [0.15, 0.2) is 0 Å². The summed E-state index contributed by atoms with van der Waals surface area (Å²) >= 11 is 5.76. The van der Waals surface area contributed by atoms with Crippen molar-refractivity contribution in [2.75, 3.05) is 6.54 Å². The second-order valence-electron chi connectivity index (χ2n) is 4.58. The maximum Gasteiger partial charge on any atom is 0.242 e. The van der Waals surface area contributed by atoms with Crippen LogP contribution < -0.4 is 4.72 Å². The van der Waals surface area contributed by atoms with Crippen LogP contribution in [0.2, 0.25) is 5.02 Å². The Kier molecular flexibility index (Phi) is 4.65. The van der Waals surface area contributed by atoms with E-state index in [1.165, 1.54) is 0 Å². The molecule has 114 valence electrons. The standard InChI is InChI=1S/C13H15ClFN3O2S/c1-9-10(2)18(8-16-9)6-5-17-21(19,20)13-4-3-11(15)7-12(13)14/h3-4,7-8,17H,5-6H2,1-2H3. The maximum atomic E-state index is 12.9. The van der Waals surface area contributed by atoms with E-state index >= 15 is 0 Å². The lowest BCUT2D eigenvalue weighted by atomic mass is 10.3. The Morgan fingerprint density at radius 1 is 1.38 bits per heavy atom. The molecule has 1 aromatic heterocycles. The normalized spacial score (nSPS) is 11.8. The van der Waals surface area contributed by atoms with Crippen LogP contribution in [0.3, 0.4) is 0 Å². The minimum absolute atomic E-state index is 0.135. The lowest BCUT2D eigenvalue weighted by Gasteiger charge is -2.09. The van der Waals surface area contributed by atoms with E-state index in [1.807, 2.05) is 18.4 Å². The van der Waals surface area contributed by atoms with E-state index in [4.69, 9.17) is 11.6 Å². The van der Waals surface area contributed by atoms with E-state index in [0.717, 1.165) is 29.6 Å². The Bertz CT molecular complexity index is 759. The average molecular weight is 332 g/mol. The molecule has 5 nitrogen and oxygen atoms in total. The van der Waals surface area contributed by atoms with Gasteiger partial charge in [-0.1, -0.05) is 11.6 Å². The lowest BCUT2D eigenvalue weighted by Crippen LogP contribution is -2.27. The lowest BCUT2D eigenvalue weighted by molar-refractivity contribution is 0.570. The van der Waals surface area contributed by atoms with Crippen LogP contribution in [0.4, 0.5) is 4.39 Å². The molecule has 0 bridgehead atoms. The van der Waals surface area contributed by atoms with Gasteiger partial charge in [0.25, 0.3) is 0 Å². The predicted octanol–water partition coefficient (Wildman–Crippen LogP) is 2.27. The van der Waals surface area contributed by atoms with E-state index in [-0.39, 0.29) is 16.5 Å². The third-order valence-corrected chi connectivity index (χ3v) is 5.12. The highest BCUT2D eigenvalue weighted by atomic mass is 35.5. The molecule has 0 unspecified atom stereocenters. The molecule has 2 aromatic rings. The van der Waals surface area contributed by atoms with Gasteiger partial charge in [-0.3, -0.25) is 0 Å². The highest BCUT2D eigenvalue weighted by Crippen LogP contribution is 2.21. The maximum absolute atomic E-state index is 12.9. The fourth-order valence-corrected chi connectivity index (χ4v) is 3.39. The molecule has 1 heterocycles. The van der Waals surface area contributed by atoms with Crippen LogP contribution in [-0.2, 0) is 16.6 Å². The van der Waals surface area contributed by atoms with E-state index in [1.54, 1.807) is 6.33 Å². The Morgan fingerprint density at radius 2 is 2.10 bits per heavy atom. The Balaban J connectivity index is 2.06. The van der Waals surface area contributed by atoms with Gasteiger partial charge >= 0.3 is 0 Å². The molecule has 0 saturated carbocycles. The second kappa shape index (κ2) is 6.13. The van der Waals surface area contributed by atoms with Gasteiger partial charge in [-0.15, -0.1) is 0 Å². The van der Waals surface area contributed by atoms with Gasteiger partial charge in [-0.05, 0) is 32.0 Å². The number of nitrogens with zero attached hydrogens (tertiary/aromatic N) is 2. The molecular formula is C13H15ClFN3O2S. The zero-order valence-corrected chi connectivity index (χ0v) is 13.2. The molecule has 0 aliphatic carbocycles. The van der Waals surface area contributed by atoms with E-state index < -0.39 is 15.8 Å². The highest BCUT2D eigenvalue weighted by Gasteiger charge is 2.17. The second-order valence-corrected chi connectivity index (χ2v) is 6.72. The number of halogens is 2. The monoisotopic (exact) mass is 331 g/mol. The van der Waals surface area contributed by atoms with Crippen molar-refractivity contribution in [3.63, 3.8) is 0 Å². The predicted molar refractivity (Wildman–Crippen MR) is 78.3 cm³/mol. The quantitative estimate of drug-likeness (QED) is 0.914. The first kappa shape index (κ1) is 15.9. The molecule has 8 heteroatoms. The molecule has 0 aliphatic heterocycles. The van der Waals surface area contributed by atoms with Crippen LogP contribution in [0.1, 0.15) is 11.4 Å². The number of nitrogens with one attached hydrogen (secondary N) is 1. The van der Waals surface area contributed by atoms with Crippen molar-refractivity contribution in [1.82, 2.24) is 14.3 Å². The van der Waals surface area contributed by atoms with E-state index in [2.05, 4.69) is 9.71 Å². The number of rotatable bonds is 5. The molecule has 0 saturated heterocycles. The van der Waals surface area contributed by atoms with Gasteiger partial charge in [0, 0.05) is 18.8 Å². The highest BCUT2D eigenvalue weighted by molar-refractivity contribution is 7.89. The summed E-state index contributed by atoms with van der Waals surface area (Å²) in [4.78, 5) is 4.00. The summed E-state index contributed by atoms with van der Waals surface area (Å²) in [7, 11) is -3.77. The zero-order chi connectivity index (χ0) is 15.6. The molecule has 1 aromatic carbocycles. The molecule has 0 radical (unpaired) electrons. The largest absolute Gasteiger partial charge is 0.333 e. The molecule has 21 heavy (non-hydrogen) atoms. The van der Waals surface area contributed by atoms with Gasteiger partial charge in [-0.25, -0.2) is 22.5 Å². The number of sulfonamides is 1. The third kappa shape index (κ3) is 3.61. The first-order valence-corrected chi connectivity index (χ1v) is 8.10. The van der Waals surface area contributed by atoms with Gasteiger partial charge in [-0.2, -0.15) is 0 Å². The third-order valence-electron chi connectivity index (χ3n) is 3.17. The first-order valence-electron chi connectivity index (χ1n) is 6.24. The SMILES string of the molecule is Cc1ncn(CCNS(=O)(=O)c2ccc(F)cc2Cl)c1C. The van der Waals surface area contributed by atoms with Crippen LogP contribution in [0.5, 0.6) is 0 Å². The molecule has 0 spiro atoms. The minimum atomic E-state index is -3.77. The number of aryl methyl sites for hydroxylation is 1. The number of benzene rings is 1. The van der Waals surface area contributed by atoms with Gasteiger partial charge in [0.1, 0.15) is 10.7 Å². The fourth-order valence-electron chi connectivity index (χ4n) is 1.84. The van der Waals surface area contributed by atoms with Crippen LogP contribution >= 0.6 is 11.6 Å². The zero-order valence-electron chi connectivity index (χ0n) is 11.6. The average Bonchev–Trinajstić information content (AvgIpc) is 2.70. The first-order chi connectivity index (χ1) is 9.81. The summed E-state index contributed by atoms with van der Waals surface area (Å²) in [6.45, 7) is 4.43. The molecule has 0 fully saturated rings. The number of hydrogen-bond donors (Lipinski definition) is 1. The van der Waals surface area contributed by atoms with Gasteiger partial charge in [0.2, 0.25) is 10.0 Å². The molecule has 1 N–H and O–H groups in total. The van der Waals surface area contributed by atoms with Crippen molar-refractivity contribution in [2.45, 2.75) is 25.3 Å². The molecular weight excluding hydrogens is 317 g/mol. The van der Waals surface area contributed by atoms with Crippen LogP contribution in [0.15, 0.2) is 29.4 Å². The molecule has 0 atom stereocenters. The van der Waals surface area contributed by atoms with Crippen LogP contribution in [-0.4, -0.2) is 24.5 Å². The Labute approximate surface area is 127 Å². The summed E-state index contributed by atoms with van der Waals surface area (Å²) in [6, 6.07) is 3.18. The summed E-state index contributed by atoms with van der Waals surface area (Å²) in [5.41, 5.74) is 1.88. The van der Waals surface area contributed by atoms with Crippen LogP contribution in [0, 0.1) is 19.7 Å². The van der Waals surface area contributed by atoms with E-state index in [0.29, 0.717) is 6.54 Å². The van der Waals surface area contributed by atoms with Crippen molar-refractivity contribution in [1.29, 1.82) is 0 Å². The van der Waals surface area contributed by atoms with Crippen molar-refractivity contribution >= 4 is 21.6 Å². The number of aromatic nitrogens is 2. The summed E-state index contributed by atoms with van der Waals surface area (Å²) < 4.78 is 41.4. The molecule has 2 rings (SSSR count). The minimum Gasteiger partial charge on any atom is -0.333 e. The van der Waals surface area contributed by atoms with Crippen molar-refractivity contribution in [3.8, 4) is 0 Å². The van der Waals surface area contributed by atoms with Crippen LogP contribution in [0.25, 0.3) is 0 Å². The summed E-state index contributed by atoms with van der Waals surface area (Å²) in [5, 5.41) is -0.142. The smallest absolute Gasteiger partial charge is 0.242 e. The van der Waals surface area contributed by atoms with Crippen molar-refractivity contribution in [3.05, 3.63) is 46.8 Å². The van der Waals surface area contributed by atoms with Gasteiger partial charge in [0.05, 0.1) is 17.0 Å². The van der Waals surface area contributed by atoms with E-state index in [9.17, 15) is 12.8 Å². The van der Waals surface area contributed by atoms with Crippen molar-refractivity contribution < 1.29 is 12.8 Å².